The Balaban J connectivity index is 1.47. The van der Waals surface area contributed by atoms with Crippen molar-refractivity contribution in [3.05, 3.63) is 82.1 Å². The van der Waals surface area contributed by atoms with Crippen LogP contribution in [-0.2, 0) is 12.4 Å². The maximum absolute atomic E-state index is 13.5. The van der Waals surface area contributed by atoms with Crippen molar-refractivity contribution < 1.29 is 13.5 Å². The number of benzene rings is 2. The predicted molar refractivity (Wildman–Crippen MR) is 126 cm³/mol. The second-order valence-corrected chi connectivity index (χ2v) is 9.44. The first kappa shape index (κ1) is 23.3. The summed E-state index contributed by atoms with van der Waals surface area (Å²) in [5, 5.41) is 12.3. The SMILES string of the molecule is C[C@H](c1nnc(SCc2csc(COc3ccc(F)cc3)n2)n1-c1ccc(F)cc1)N(C)C. The monoisotopic (exact) mass is 487 g/mol. The number of rotatable bonds is 9. The van der Waals surface area contributed by atoms with Gasteiger partial charge in [0.15, 0.2) is 11.0 Å². The van der Waals surface area contributed by atoms with E-state index in [1.165, 1.54) is 47.4 Å². The molecule has 0 aliphatic rings. The summed E-state index contributed by atoms with van der Waals surface area (Å²) < 4.78 is 34.1. The Bertz CT molecular complexity index is 1190. The van der Waals surface area contributed by atoms with Crippen LogP contribution in [0.25, 0.3) is 5.69 Å². The highest BCUT2D eigenvalue weighted by Crippen LogP contribution is 2.29. The smallest absolute Gasteiger partial charge is 0.196 e. The molecular weight excluding hydrogens is 464 g/mol. The van der Waals surface area contributed by atoms with E-state index in [0.717, 1.165) is 22.2 Å². The maximum atomic E-state index is 13.5. The zero-order chi connectivity index (χ0) is 23.4. The molecule has 0 fully saturated rings. The van der Waals surface area contributed by atoms with Crippen LogP contribution >= 0.6 is 23.1 Å². The van der Waals surface area contributed by atoms with Gasteiger partial charge in [0, 0.05) is 16.8 Å². The molecule has 6 nitrogen and oxygen atoms in total. The second-order valence-electron chi connectivity index (χ2n) is 7.56. The van der Waals surface area contributed by atoms with Crippen molar-refractivity contribution in [1.29, 1.82) is 0 Å². The minimum absolute atomic E-state index is 0.0198. The standard InChI is InChI=1S/C23H23F2N5OS2/c1-15(29(2)3)22-27-28-23(30(22)19-8-4-16(24)5-9-19)33-14-18-13-32-21(26-18)12-31-20-10-6-17(25)7-11-20/h4-11,13,15H,12,14H2,1-3H3/t15-/m1/s1. The lowest BCUT2D eigenvalue weighted by molar-refractivity contribution is 0.305. The number of nitrogens with zero attached hydrogens (tertiary/aromatic N) is 5. The maximum Gasteiger partial charge on any atom is 0.196 e. The molecule has 0 saturated heterocycles. The van der Waals surface area contributed by atoms with E-state index in [1.807, 2.05) is 35.9 Å². The summed E-state index contributed by atoms with van der Waals surface area (Å²) in [6, 6.07) is 12.2. The number of thioether (sulfide) groups is 1. The molecular formula is C23H23F2N5OS2. The summed E-state index contributed by atoms with van der Waals surface area (Å²) >= 11 is 3.03. The van der Waals surface area contributed by atoms with Gasteiger partial charge in [-0.3, -0.25) is 9.47 Å². The van der Waals surface area contributed by atoms with E-state index >= 15 is 0 Å². The second kappa shape index (κ2) is 10.4. The van der Waals surface area contributed by atoms with Crippen molar-refractivity contribution in [2.45, 2.75) is 30.5 Å². The molecule has 0 amide bonds. The van der Waals surface area contributed by atoms with Crippen LogP contribution < -0.4 is 4.74 Å². The highest BCUT2D eigenvalue weighted by Gasteiger charge is 2.21. The molecule has 1 atom stereocenters. The van der Waals surface area contributed by atoms with E-state index < -0.39 is 0 Å². The number of thiazole rings is 1. The van der Waals surface area contributed by atoms with Gasteiger partial charge in [-0.2, -0.15) is 0 Å². The molecule has 0 saturated carbocycles. The molecule has 33 heavy (non-hydrogen) atoms. The third-order valence-corrected chi connectivity index (χ3v) is 6.85. The molecule has 0 radical (unpaired) electrons. The van der Waals surface area contributed by atoms with Crippen molar-refractivity contribution in [1.82, 2.24) is 24.6 Å². The van der Waals surface area contributed by atoms with E-state index in [-0.39, 0.29) is 17.7 Å². The summed E-state index contributed by atoms with van der Waals surface area (Å²) in [5.74, 6) is 1.38. The summed E-state index contributed by atoms with van der Waals surface area (Å²) in [7, 11) is 3.96. The lowest BCUT2D eigenvalue weighted by Gasteiger charge is -2.20. The van der Waals surface area contributed by atoms with Crippen molar-refractivity contribution in [2.24, 2.45) is 0 Å². The average molecular weight is 488 g/mol. The summed E-state index contributed by atoms with van der Waals surface area (Å²) in [6.45, 7) is 2.36. The Hall–Kier alpha value is -2.82. The number of aromatic nitrogens is 4. The Morgan fingerprint density at radius 3 is 2.36 bits per heavy atom. The summed E-state index contributed by atoms with van der Waals surface area (Å²) in [5.41, 5.74) is 1.71. The first-order valence-electron chi connectivity index (χ1n) is 10.2. The fourth-order valence-electron chi connectivity index (χ4n) is 3.00. The van der Waals surface area contributed by atoms with Gasteiger partial charge in [-0.1, -0.05) is 11.8 Å². The van der Waals surface area contributed by atoms with Crippen LogP contribution in [0.4, 0.5) is 8.78 Å². The molecule has 2 heterocycles. The molecule has 0 spiro atoms. The zero-order valence-electron chi connectivity index (χ0n) is 18.4. The van der Waals surface area contributed by atoms with E-state index in [4.69, 9.17) is 4.74 Å². The predicted octanol–water partition coefficient (Wildman–Crippen LogP) is 5.50. The molecule has 2 aromatic heterocycles. The van der Waals surface area contributed by atoms with Crippen LogP contribution in [0.1, 0.15) is 29.5 Å². The third-order valence-electron chi connectivity index (χ3n) is 5.02. The topological polar surface area (TPSA) is 56.1 Å². The Labute approximate surface area is 199 Å². The molecule has 0 aliphatic carbocycles. The van der Waals surface area contributed by atoms with Gasteiger partial charge < -0.3 is 4.74 Å². The van der Waals surface area contributed by atoms with E-state index in [9.17, 15) is 8.78 Å². The van der Waals surface area contributed by atoms with Crippen molar-refractivity contribution >= 4 is 23.1 Å². The van der Waals surface area contributed by atoms with Crippen molar-refractivity contribution in [2.75, 3.05) is 14.1 Å². The van der Waals surface area contributed by atoms with Crippen LogP contribution in [0.5, 0.6) is 5.75 Å². The molecule has 4 rings (SSSR count). The molecule has 0 bridgehead atoms. The summed E-state index contributed by atoms with van der Waals surface area (Å²) in [6.07, 6.45) is 0. The molecule has 2 aromatic carbocycles. The molecule has 10 heteroatoms. The Morgan fingerprint density at radius 1 is 1.03 bits per heavy atom. The van der Waals surface area contributed by atoms with Gasteiger partial charge in [-0.05, 0) is 69.6 Å². The fraction of sp³-hybridized carbons (Fsp3) is 0.261. The van der Waals surface area contributed by atoms with Gasteiger partial charge in [0.2, 0.25) is 0 Å². The fourth-order valence-corrected chi connectivity index (χ4v) is 4.67. The lowest BCUT2D eigenvalue weighted by atomic mass is 10.2. The molecule has 4 aromatic rings. The van der Waals surface area contributed by atoms with Crippen LogP contribution in [0.3, 0.4) is 0 Å². The molecule has 172 valence electrons. The quantitative estimate of drug-likeness (QED) is 0.291. The lowest BCUT2D eigenvalue weighted by Crippen LogP contribution is -2.20. The van der Waals surface area contributed by atoms with Crippen LogP contribution in [0, 0.1) is 11.6 Å². The number of halogens is 2. The van der Waals surface area contributed by atoms with Crippen LogP contribution in [-0.4, -0.2) is 38.7 Å². The first-order chi connectivity index (χ1) is 15.9. The molecule has 0 N–H and O–H groups in total. The van der Waals surface area contributed by atoms with Gasteiger partial charge in [0.1, 0.15) is 29.0 Å². The van der Waals surface area contributed by atoms with E-state index in [0.29, 0.717) is 23.3 Å². The third kappa shape index (κ3) is 5.76. The van der Waals surface area contributed by atoms with Gasteiger partial charge in [0.25, 0.3) is 0 Å². The van der Waals surface area contributed by atoms with Gasteiger partial charge in [-0.15, -0.1) is 21.5 Å². The molecule has 0 aliphatic heterocycles. The van der Waals surface area contributed by atoms with E-state index in [1.54, 1.807) is 24.3 Å². The van der Waals surface area contributed by atoms with Crippen LogP contribution in [0.2, 0.25) is 0 Å². The van der Waals surface area contributed by atoms with Crippen LogP contribution in [0.15, 0.2) is 59.1 Å². The van der Waals surface area contributed by atoms with E-state index in [2.05, 4.69) is 15.2 Å². The van der Waals surface area contributed by atoms with Gasteiger partial charge in [0.05, 0.1) is 11.7 Å². The Morgan fingerprint density at radius 2 is 1.70 bits per heavy atom. The highest BCUT2D eigenvalue weighted by atomic mass is 32.2. The van der Waals surface area contributed by atoms with Gasteiger partial charge >= 0.3 is 0 Å². The van der Waals surface area contributed by atoms with Gasteiger partial charge in [-0.25, -0.2) is 13.8 Å². The van der Waals surface area contributed by atoms with Crippen molar-refractivity contribution in [3.8, 4) is 11.4 Å². The first-order valence-corrected chi connectivity index (χ1v) is 12.1. The minimum atomic E-state index is -0.299. The Kier molecular flexibility index (Phi) is 7.36. The summed E-state index contributed by atoms with van der Waals surface area (Å²) in [4.78, 5) is 6.67. The van der Waals surface area contributed by atoms with Crippen molar-refractivity contribution in [3.63, 3.8) is 0 Å². The zero-order valence-corrected chi connectivity index (χ0v) is 20.0. The number of hydrogen-bond donors (Lipinski definition) is 0. The largest absolute Gasteiger partial charge is 0.486 e. The number of ether oxygens (including phenoxy) is 1. The number of hydrogen-bond acceptors (Lipinski definition) is 7. The molecule has 0 unspecified atom stereocenters. The minimum Gasteiger partial charge on any atom is -0.486 e. The highest BCUT2D eigenvalue weighted by molar-refractivity contribution is 7.98. The normalized spacial score (nSPS) is 12.3. The average Bonchev–Trinajstić information content (AvgIpc) is 3.44.